The van der Waals surface area contributed by atoms with Crippen LogP contribution in [0.4, 0.5) is 0 Å². The standard InChI is InChI=1S/C28H40N2O/c1-18(2)14-24(15-19(3)4)28-27(20(5)6)25-16-23(8-9-26(25)29-28)22-10-12-30(13-11-22)17-21(7)31/h8-9,14-16,20-22,29,31H,1,10-13,17H2,2-7H3/b24-14+. The predicted molar refractivity (Wildman–Crippen MR) is 135 cm³/mol. The predicted octanol–water partition coefficient (Wildman–Crippen LogP) is 6.78. The topological polar surface area (TPSA) is 39.3 Å². The molecule has 0 amide bonds. The first-order chi connectivity index (χ1) is 14.7. The van der Waals surface area contributed by atoms with Gasteiger partial charge in [-0.25, -0.2) is 0 Å². The SMILES string of the molecule is C=C(C)/C=C(\C=C(C)C)c1[nH]c2ccc(C3CCN(CC(C)O)CC3)cc2c1C(C)C. The molecule has 0 aliphatic carbocycles. The van der Waals surface area contributed by atoms with Crippen LogP contribution in [0.15, 0.2) is 48.1 Å². The number of aliphatic hydroxyl groups excluding tert-OH is 1. The lowest BCUT2D eigenvalue weighted by Gasteiger charge is -2.32. The second-order valence-corrected chi connectivity index (χ2v) is 9.97. The highest BCUT2D eigenvalue weighted by molar-refractivity contribution is 5.92. The van der Waals surface area contributed by atoms with Crippen molar-refractivity contribution >= 4 is 16.5 Å². The third kappa shape index (κ3) is 5.78. The Morgan fingerprint density at radius 2 is 1.84 bits per heavy atom. The summed E-state index contributed by atoms with van der Waals surface area (Å²) in [6.07, 6.45) is 6.50. The normalized spacial score (nSPS) is 17.4. The maximum Gasteiger partial charge on any atom is 0.0639 e. The van der Waals surface area contributed by atoms with Crippen LogP contribution in [0, 0.1) is 0 Å². The first kappa shape index (κ1) is 23.6. The van der Waals surface area contributed by atoms with E-state index in [0.29, 0.717) is 11.8 Å². The van der Waals surface area contributed by atoms with E-state index in [2.05, 4.69) is 81.4 Å². The fraction of sp³-hybridized carbons (Fsp3) is 0.500. The van der Waals surface area contributed by atoms with Crippen molar-refractivity contribution in [2.75, 3.05) is 19.6 Å². The first-order valence-corrected chi connectivity index (χ1v) is 11.7. The van der Waals surface area contributed by atoms with Gasteiger partial charge in [0.15, 0.2) is 0 Å². The highest BCUT2D eigenvalue weighted by atomic mass is 16.3. The van der Waals surface area contributed by atoms with Gasteiger partial charge in [-0.15, -0.1) is 0 Å². The molecule has 2 heterocycles. The molecule has 1 aliphatic rings. The van der Waals surface area contributed by atoms with Crippen molar-refractivity contribution in [3.63, 3.8) is 0 Å². The smallest absolute Gasteiger partial charge is 0.0639 e. The molecule has 1 fully saturated rings. The summed E-state index contributed by atoms with van der Waals surface area (Å²) in [6.45, 7) is 19.8. The molecule has 3 nitrogen and oxygen atoms in total. The van der Waals surface area contributed by atoms with Crippen molar-refractivity contribution in [1.29, 1.82) is 0 Å². The van der Waals surface area contributed by atoms with Crippen LogP contribution in [0.5, 0.6) is 0 Å². The number of aromatic nitrogens is 1. The second kappa shape index (κ2) is 10.0. The molecule has 1 aliphatic heterocycles. The number of rotatable bonds is 7. The Bertz CT molecular complexity index is 978. The van der Waals surface area contributed by atoms with Crippen LogP contribution >= 0.6 is 0 Å². The Morgan fingerprint density at radius 1 is 1.16 bits per heavy atom. The lowest BCUT2D eigenvalue weighted by molar-refractivity contribution is 0.109. The van der Waals surface area contributed by atoms with Gasteiger partial charge >= 0.3 is 0 Å². The Balaban J connectivity index is 1.99. The maximum atomic E-state index is 9.69. The van der Waals surface area contributed by atoms with Crippen molar-refractivity contribution in [3.8, 4) is 0 Å². The van der Waals surface area contributed by atoms with E-state index in [0.717, 1.165) is 38.0 Å². The lowest BCUT2D eigenvalue weighted by Crippen LogP contribution is -2.37. The van der Waals surface area contributed by atoms with Crippen LogP contribution < -0.4 is 0 Å². The first-order valence-electron chi connectivity index (χ1n) is 11.7. The van der Waals surface area contributed by atoms with E-state index >= 15 is 0 Å². The second-order valence-electron chi connectivity index (χ2n) is 9.97. The lowest BCUT2D eigenvalue weighted by atomic mass is 9.87. The van der Waals surface area contributed by atoms with Gasteiger partial charge in [0.1, 0.15) is 0 Å². The summed E-state index contributed by atoms with van der Waals surface area (Å²) < 4.78 is 0. The van der Waals surface area contributed by atoms with E-state index in [1.165, 1.54) is 38.9 Å². The van der Waals surface area contributed by atoms with E-state index in [1.807, 2.05) is 6.92 Å². The van der Waals surface area contributed by atoms with Crippen molar-refractivity contribution in [1.82, 2.24) is 9.88 Å². The Labute approximate surface area is 188 Å². The van der Waals surface area contributed by atoms with Crippen LogP contribution in [0.2, 0.25) is 0 Å². The summed E-state index contributed by atoms with van der Waals surface area (Å²) in [6, 6.07) is 7.01. The number of allylic oxidation sites excluding steroid dienone is 5. The maximum absolute atomic E-state index is 9.69. The summed E-state index contributed by atoms with van der Waals surface area (Å²) in [4.78, 5) is 6.12. The number of hydrogen-bond acceptors (Lipinski definition) is 2. The van der Waals surface area contributed by atoms with Gasteiger partial charge in [-0.2, -0.15) is 0 Å². The molecule has 1 unspecified atom stereocenters. The summed E-state index contributed by atoms with van der Waals surface area (Å²) in [7, 11) is 0. The molecule has 1 saturated heterocycles. The fourth-order valence-corrected chi connectivity index (χ4v) is 4.90. The van der Waals surface area contributed by atoms with Gasteiger partial charge in [-0.3, -0.25) is 0 Å². The number of hydrogen-bond donors (Lipinski definition) is 2. The molecule has 3 rings (SSSR count). The summed E-state index contributed by atoms with van der Waals surface area (Å²) in [5.74, 6) is 1.02. The third-order valence-corrected chi connectivity index (χ3v) is 6.16. The summed E-state index contributed by atoms with van der Waals surface area (Å²) in [5, 5.41) is 11.0. The number of nitrogens with zero attached hydrogens (tertiary/aromatic N) is 1. The van der Waals surface area contributed by atoms with Gasteiger partial charge in [0.2, 0.25) is 0 Å². The number of likely N-dealkylation sites (tertiary alicyclic amines) is 1. The van der Waals surface area contributed by atoms with Crippen molar-refractivity contribution < 1.29 is 5.11 Å². The summed E-state index contributed by atoms with van der Waals surface area (Å²) in [5.41, 5.74) is 8.83. The molecule has 2 aromatic rings. The van der Waals surface area contributed by atoms with Crippen molar-refractivity contribution in [2.24, 2.45) is 0 Å². The number of aromatic amines is 1. The third-order valence-electron chi connectivity index (χ3n) is 6.16. The zero-order chi connectivity index (χ0) is 22.7. The molecule has 1 aromatic heterocycles. The number of H-pyrrole nitrogens is 1. The quantitative estimate of drug-likeness (QED) is 0.485. The number of benzene rings is 1. The molecule has 0 spiro atoms. The number of piperidine rings is 1. The molecule has 1 atom stereocenters. The van der Waals surface area contributed by atoms with Crippen LogP contribution in [-0.4, -0.2) is 40.7 Å². The zero-order valence-corrected chi connectivity index (χ0v) is 20.3. The van der Waals surface area contributed by atoms with Gasteiger partial charge in [0.25, 0.3) is 0 Å². The van der Waals surface area contributed by atoms with Gasteiger partial charge in [-0.1, -0.05) is 49.8 Å². The zero-order valence-electron chi connectivity index (χ0n) is 20.3. The molecule has 0 radical (unpaired) electrons. The fourth-order valence-electron chi connectivity index (χ4n) is 4.90. The molecular formula is C28H40N2O. The monoisotopic (exact) mass is 420 g/mol. The van der Waals surface area contributed by atoms with Crippen LogP contribution in [0.25, 0.3) is 16.5 Å². The Kier molecular flexibility index (Phi) is 7.61. The Morgan fingerprint density at radius 3 is 2.39 bits per heavy atom. The minimum atomic E-state index is -0.248. The van der Waals surface area contributed by atoms with E-state index in [-0.39, 0.29) is 6.10 Å². The van der Waals surface area contributed by atoms with Gasteiger partial charge in [0.05, 0.1) is 6.10 Å². The van der Waals surface area contributed by atoms with E-state index in [9.17, 15) is 5.11 Å². The molecular weight excluding hydrogens is 380 g/mol. The molecule has 0 saturated carbocycles. The van der Waals surface area contributed by atoms with Crippen LogP contribution in [0.1, 0.15) is 83.0 Å². The molecule has 2 N–H and O–H groups in total. The van der Waals surface area contributed by atoms with Crippen LogP contribution in [-0.2, 0) is 0 Å². The van der Waals surface area contributed by atoms with Crippen molar-refractivity contribution in [3.05, 3.63) is 64.9 Å². The minimum Gasteiger partial charge on any atom is -0.392 e. The Hall–Kier alpha value is -2.10. The van der Waals surface area contributed by atoms with E-state index < -0.39 is 0 Å². The highest BCUT2D eigenvalue weighted by Crippen LogP contribution is 2.37. The van der Waals surface area contributed by atoms with Gasteiger partial charge in [-0.05, 0) is 94.3 Å². The van der Waals surface area contributed by atoms with E-state index in [4.69, 9.17) is 0 Å². The average Bonchev–Trinajstić information content (AvgIpc) is 3.06. The molecule has 1 aromatic carbocycles. The van der Waals surface area contributed by atoms with Crippen LogP contribution in [0.3, 0.4) is 0 Å². The number of aliphatic hydroxyl groups is 1. The highest BCUT2D eigenvalue weighted by Gasteiger charge is 2.23. The molecule has 0 bridgehead atoms. The molecule has 168 valence electrons. The number of fused-ring (bicyclic) bond motifs is 1. The van der Waals surface area contributed by atoms with Gasteiger partial charge < -0.3 is 15.0 Å². The van der Waals surface area contributed by atoms with Crippen molar-refractivity contribution in [2.45, 2.75) is 72.3 Å². The summed E-state index contributed by atoms with van der Waals surface area (Å²) >= 11 is 0. The molecule has 31 heavy (non-hydrogen) atoms. The minimum absolute atomic E-state index is 0.248. The average molecular weight is 421 g/mol. The van der Waals surface area contributed by atoms with E-state index in [1.54, 1.807) is 0 Å². The largest absolute Gasteiger partial charge is 0.392 e. The number of β-amino-alcohol motifs (C(OH)–C–C–N with tert-alkyl or cyclic N) is 1. The number of nitrogens with one attached hydrogen (secondary N) is 1. The molecule has 3 heteroatoms. The van der Waals surface area contributed by atoms with Gasteiger partial charge in [0, 0.05) is 23.1 Å².